The van der Waals surface area contributed by atoms with E-state index in [1.807, 2.05) is 24.3 Å². The third-order valence-electron chi connectivity index (χ3n) is 4.42. The van der Waals surface area contributed by atoms with Crippen LogP contribution < -0.4 is 16.0 Å². The minimum Gasteiger partial charge on any atom is -0.374 e. The molecule has 0 heterocycles. The summed E-state index contributed by atoms with van der Waals surface area (Å²) < 4.78 is 0. The molecule has 0 unspecified atom stereocenters. The summed E-state index contributed by atoms with van der Waals surface area (Å²) in [5, 5.41) is 9.20. The Bertz CT molecular complexity index is 823. The molecule has 2 aromatic carbocycles. The van der Waals surface area contributed by atoms with Crippen molar-refractivity contribution in [1.82, 2.24) is 0 Å². The minimum atomic E-state index is -0.460. The molecule has 2 atom stereocenters. The number of benzene rings is 2. The van der Waals surface area contributed by atoms with Crippen molar-refractivity contribution in [3.63, 3.8) is 0 Å². The highest BCUT2D eigenvalue weighted by atomic mass is 35.5. The lowest BCUT2D eigenvalue weighted by Gasteiger charge is -2.19. The normalized spacial score (nSPS) is 12.8. The number of amides is 2. The summed E-state index contributed by atoms with van der Waals surface area (Å²) in [5.74, 6) is 0.0445. The van der Waals surface area contributed by atoms with Crippen molar-refractivity contribution in [2.75, 3.05) is 16.0 Å². The Balaban J connectivity index is 2.06. The maximum absolute atomic E-state index is 12.6. The van der Waals surface area contributed by atoms with Crippen LogP contribution in [-0.2, 0) is 9.59 Å². The van der Waals surface area contributed by atoms with Gasteiger partial charge in [-0.2, -0.15) is 0 Å². The third kappa shape index (κ3) is 5.73. The average Bonchev–Trinajstić information content (AvgIpc) is 2.63. The third-order valence-corrected chi connectivity index (χ3v) is 4.73. The minimum absolute atomic E-state index is 0.132. The van der Waals surface area contributed by atoms with Gasteiger partial charge in [0.25, 0.3) is 0 Å². The highest BCUT2D eigenvalue weighted by molar-refractivity contribution is 6.34. The number of hydrogen-bond acceptors (Lipinski definition) is 3. The smallest absolute Gasteiger partial charge is 0.246 e. The second kappa shape index (κ2) is 9.42. The molecule has 0 radical (unpaired) electrons. The molecule has 0 saturated heterocycles. The Morgan fingerprint density at radius 2 is 1.74 bits per heavy atom. The second-order valence-electron chi connectivity index (χ2n) is 6.63. The summed E-state index contributed by atoms with van der Waals surface area (Å²) in [6, 6.07) is 12.6. The van der Waals surface area contributed by atoms with Crippen molar-refractivity contribution in [2.45, 2.75) is 46.1 Å². The van der Waals surface area contributed by atoms with Crippen molar-refractivity contribution in [3.05, 3.63) is 53.1 Å². The van der Waals surface area contributed by atoms with Crippen molar-refractivity contribution in [1.29, 1.82) is 0 Å². The first-order valence-electron chi connectivity index (χ1n) is 9.05. The van der Waals surface area contributed by atoms with Crippen LogP contribution in [0.1, 0.15) is 45.6 Å². The van der Waals surface area contributed by atoms with E-state index in [0.717, 1.165) is 17.7 Å². The van der Waals surface area contributed by atoms with Gasteiger partial charge in [0.1, 0.15) is 6.04 Å². The first-order chi connectivity index (χ1) is 12.8. The van der Waals surface area contributed by atoms with Crippen LogP contribution in [0.3, 0.4) is 0 Å². The van der Waals surface area contributed by atoms with E-state index in [9.17, 15) is 9.59 Å². The topological polar surface area (TPSA) is 70.2 Å². The molecule has 144 valence electrons. The molecule has 27 heavy (non-hydrogen) atoms. The zero-order chi connectivity index (χ0) is 20.0. The molecule has 0 aromatic heterocycles. The number of anilines is 3. The van der Waals surface area contributed by atoms with Gasteiger partial charge in [0.05, 0.1) is 10.7 Å². The number of carbonyl (C=O) groups is 2. The van der Waals surface area contributed by atoms with E-state index < -0.39 is 6.04 Å². The quantitative estimate of drug-likeness (QED) is 0.607. The molecule has 0 aliphatic rings. The van der Waals surface area contributed by atoms with E-state index in [4.69, 9.17) is 11.6 Å². The maximum Gasteiger partial charge on any atom is 0.246 e. The van der Waals surface area contributed by atoms with Crippen molar-refractivity contribution in [3.8, 4) is 0 Å². The summed E-state index contributed by atoms with van der Waals surface area (Å²) in [5.41, 5.74) is 3.20. The fourth-order valence-corrected chi connectivity index (χ4v) is 2.94. The lowest BCUT2D eigenvalue weighted by atomic mass is 9.97. The number of carbonyl (C=O) groups excluding carboxylic acids is 2. The molecule has 2 aromatic rings. The van der Waals surface area contributed by atoms with Gasteiger partial charge in [-0.15, -0.1) is 0 Å². The molecule has 0 saturated carbocycles. The number of rotatable bonds is 7. The van der Waals surface area contributed by atoms with Crippen LogP contribution in [0.15, 0.2) is 42.5 Å². The molecule has 0 aliphatic heterocycles. The van der Waals surface area contributed by atoms with E-state index in [2.05, 4.69) is 29.8 Å². The van der Waals surface area contributed by atoms with Crippen LogP contribution >= 0.6 is 11.6 Å². The molecular weight excluding hydrogens is 362 g/mol. The van der Waals surface area contributed by atoms with Gasteiger partial charge < -0.3 is 16.0 Å². The van der Waals surface area contributed by atoms with Gasteiger partial charge in [-0.05, 0) is 49.1 Å². The Labute approximate surface area is 165 Å². The molecule has 0 fully saturated rings. The van der Waals surface area contributed by atoms with Gasteiger partial charge in [0.2, 0.25) is 11.8 Å². The van der Waals surface area contributed by atoms with E-state index in [0.29, 0.717) is 22.3 Å². The molecule has 2 rings (SSSR count). The van der Waals surface area contributed by atoms with E-state index in [1.165, 1.54) is 6.92 Å². The summed E-state index contributed by atoms with van der Waals surface area (Å²) >= 11 is 6.18. The standard InChI is InChI=1S/C21H26ClN3O2/c1-5-13(2)17-8-6-7-9-19(17)25-21(27)14(3)23-16-10-11-20(18(22)12-16)24-15(4)26/h6-14,23H,5H2,1-4H3,(H,24,26)(H,25,27)/t13-,14+/m0/s1. The zero-order valence-corrected chi connectivity index (χ0v) is 16.9. The highest BCUT2D eigenvalue weighted by Crippen LogP contribution is 2.28. The summed E-state index contributed by atoms with van der Waals surface area (Å²) in [6.07, 6.45) is 1.000. The second-order valence-corrected chi connectivity index (χ2v) is 7.03. The molecule has 0 aliphatic carbocycles. The maximum atomic E-state index is 12.6. The van der Waals surface area contributed by atoms with Crippen LogP contribution in [0.4, 0.5) is 17.1 Å². The average molecular weight is 388 g/mol. The van der Waals surface area contributed by atoms with Crippen LogP contribution in [0.2, 0.25) is 5.02 Å². The van der Waals surface area contributed by atoms with Gasteiger partial charge in [-0.3, -0.25) is 9.59 Å². The molecule has 5 nitrogen and oxygen atoms in total. The van der Waals surface area contributed by atoms with E-state index in [-0.39, 0.29) is 11.8 Å². The predicted molar refractivity (Wildman–Crippen MR) is 113 cm³/mol. The molecule has 6 heteroatoms. The molecule has 3 N–H and O–H groups in total. The Morgan fingerprint density at radius 3 is 2.37 bits per heavy atom. The SMILES string of the molecule is CC[C@H](C)c1ccccc1NC(=O)[C@@H](C)Nc1ccc(NC(C)=O)c(Cl)c1. The van der Waals surface area contributed by atoms with Crippen molar-refractivity contribution in [2.24, 2.45) is 0 Å². The monoisotopic (exact) mass is 387 g/mol. The Hall–Kier alpha value is -2.53. The van der Waals surface area contributed by atoms with E-state index in [1.54, 1.807) is 25.1 Å². The van der Waals surface area contributed by atoms with Crippen LogP contribution in [0.25, 0.3) is 0 Å². The van der Waals surface area contributed by atoms with Gasteiger partial charge >= 0.3 is 0 Å². The predicted octanol–water partition coefficient (Wildman–Crippen LogP) is 5.25. The fourth-order valence-electron chi connectivity index (χ4n) is 2.71. The molecule has 2 amide bonds. The first kappa shape index (κ1) is 20.8. The zero-order valence-electron chi connectivity index (χ0n) is 16.1. The highest BCUT2D eigenvalue weighted by Gasteiger charge is 2.16. The summed E-state index contributed by atoms with van der Waals surface area (Å²) in [6.45, 7) is 7.48. The Morgan fingerprint density at radius 1 is 1.04 bits per heavy atom. The Kier molecular flexibility index (Phi) is 7.25. The summed E-state index contributed by atoms with van der Waals surface area (Å²) in [4.78, 5) is 23.8. The summed E-state index contributed by atoms with van der Waals surface area (Å²) in [7, 11) is 0. The number of nitrogens with one attached hydrogen (secondary N) is 3. The number of para-hydroxylation sites is 1. The first-order valence-corrected chi connectivity index (χ1v) is 9.43. The van der Waals surface area contributed by atoms with Crippen LogP contribution in [-0.4, -0.2) is 17.9 Å². The lowest BCUT2D eigenvalue weighted by Crippen LogP contribution is -2.32. The van der Waals surface area contributed by atoms with Crippen molar-refractivity contribution < 1.29 is 9.59 Å². The molecule has 0 bridgehead atoms. The van der Waals surface area contributed by atoms with Gasteiger partial charge in [-0.1, -0.05) is 43.6 Å². The van der Waals surface area contributed by atoms with Gasteiger partial charge in [-0.25, -0.2) is 0 Å². The molecular formula is C21H26ClN3O2. The van der Waals surface area contributed by atoms with Crippen LogP contribution in [0.5, 0.6) is 0 Å². The fraction of sp³-hybridized carbons (Fsp3) is 0.333. The van der Waals surface area contributed by atoms with Gasteiger partial charge in [0, 0.05) is 18.3 Å². The number of hydrogen-bond donors (Lipinski definition) is 3. The molecule has 0 spiro atoms. The lowest BCUT2D eigenvalue weighted by molar-refractivity contribution is -0.116. The number of halogens is 1. The van der Waals surface area contributed by atoms with Crippen LogP contribution in [0, 0.1) is 0 Å². The van der Waals surface area contributed by atoms with E-state index >= 15 is 0 Å². The van der Waals surface area contributed by atoms with Gasteiger partial charge in [0.15, 0.2) is 0 Å². The largest absolute Gasteiger partial charge is 0.374 e. The van der Waals surface area contributed by atoms with Crippen molar-refractivity contribution >= 4 is 40.5 Å².